The highest BCUT2D eigenvalue weighted by Gasteiger charge is 2.09. The fraction of sp³-hybridized carbons (Fsp3) is 1.00. The molecule has 1 unspecified atom stereocenters. The van der Waals surface area contributed by atoms with E-state index in [4.69, 9.17) is 28.4 Å². The van der Waals surface area contributed by atoms with Gasteiger partial charge in [0.2, 0.25) is 0 Å². The van der Waals surface area contributed by atoms with Crippen LogP contribution in [0.4, 0.5) is 0 Å². The molecule has 0 aromatic rings. The van der Waals surface area contributed by atoms with Crippen LogP contribution in [-0.4, -0.2) is 92.4 Å². The molecule has 1 aliphatic rings. The zero-order valence-corrected chi connectivity index (χ0v) is 13.0. The SMILES string of the molecule is COCC1COCCNCCOCCOCCOCCO1. The molecule has 7 nitrogen and oxygen atoms in total. The summed E-state index contributed by atoms with van der Waals surface area (Å²) in [7, 11) is 1.66. The van der Waals surface area contributed by atoms with Crippen molar-refractivity contribution in [1.29, 1.82) is 0 Å². The van der Waals surface area contributed by atoms with Gasteiger partial charge >= 0.3 is 0 Å². The maximum atomic E-state index is 5.67. The molecular weight excluding hydrogens is 278 g/mol. The highest BCUT2D eigenvalue weighted by atomic mass is 16.6. The number of hydrogen-bond donors (Lipinski definition) is 1. The molecule has 1 N–H and O–H groups in total. The Kier molecular flexibility index (Phi) is 13.1. The first-order valence-electron chi connectivity index (χ1n) is 7.55. The Labute approximate surface area is 127 Å². The van der Waals surface area contributed by atoms with Gasteiger partial charge in [0.25, 0.3) is 0 Å². The molecular formula is C14H29NO6. The van der Waals surface area contributed by atoms with Crippen LogP contribution in [0.2, 0.25) is 0 Å². The zero-order chi connectivity index (χ0) is 15.0. The minimum atomic E-state index is -0.0583. The summed E-state index contributed by atoms with van der Waals surface area (Å²) < 4.78 is 32.6. The van der Waals surface area contributed by atoms with Gasteiger partial charge in [0, 0.05) is 20.2 Å². The van der Waals surface area contributed by atoms with E-state index in [1.165, 1.54) is 0 Å². The molecule has 126 valence electrons. The van der Waals surface area contributed by atoms with E-state index in [1.807, 2.05) is 0 Å². The van der Waals surface area contributed by atoms with Crippen molar-refractivity contribution in [3.63, 3.8) is 0 Å². The summed E-state index contributed by atoms with van der Waals surface area (Å²) in [5.74, 6) is 0. The predicted molar refractivity (Wildman–Crippen MR) is 77.8 cm³/mol. The summed E-state index contributed by atoms with van der Waals surface area (Å²) in [5, 5.41) is 3.25. The van der Waals surface area contributed by atoms with Crippen LogP contribution in [0.3, 0.4) is 0 Å². The van der Waals surface area contributed by atoms with Gasteiger partial charge in [0.15, 0.2) is 0 Å². The van der Waals surface area contributed by atoms with Crippen LogP contribution in [0.25, 0.3) is 0 Å². The van der Waals surface area contributed by atoms with Gasteiger partial charge in [-0.1, -0.05) is 0 Å². The molecule has 1 atom stereocenters. The van der Waals surface area contributed by atoms with E-state index in [-0.39, 0.29) is 6.10 Å². The van der Waals surface area contributed by atoms with Crippen LogP contribution in [0.5, 0.6) is 0 Å². The lowest BCUT2D eigenvalue weighted by Crippen LogP contribution is -2.30. The third-order valence-electron chi connectivity index (χ3n) is 2.83. The Bertz CT molecular complexity index is 202. The topological polar surface area (TPSA) is 67.4 Å². The van der Waals surface area contributed by atoms with E-state index in [0.29, 0.717) is 66.1 Å². The molecule has 0 bridgehead atoms. The second-order valence-electron chi connectivity index (χ2n) is 4.61. The summed E-state index contributed by atoms with van der Waals surface area (Å²) in [6.45, 7) is 7.38. The smallest absolute Gasteiger partial charge is 0.104 e. The highest BCUT2D eigenvalue weighted by molar-refractivity contribution is 4.56. The molecule has 0 amide bonds. The predicted octanol–water partition coefficient (Wildman–Crippen LogP) is -0.312. The van der Waals surface area contributed by atoms with Crippen molar-refractivity contribution in [3.8, 4) is 0 Å². The second kappa shape index (κ2) is 14.6. The summed E-state index contributed by atoms with van der Waals surface area (Å²) in [5.41, 5.74) is 0. The van der Waals surface area contributed by atoms with Gasteiger partial charge in [-0.3, -0.25) is 0 Å². The Balaban J connectivity index is 2.18. The average molecular weight is 307 g/mol. The monoisotopic (exact) mass is 307 g/mol. The molecule has 0 aromatic carbocycles. The van der Waals surface area contributed by atoms with Crippen molar-refractivity contribution < 1.29 is 28.4 Å². The summed E-state index contributed by atoms with van der Waals surface area (Å²) in [6.07, 6.45) is -0.0583. The van der Waals surface area contributed by atoms with Crippen LogP contribution in [0.1, 0.15) is 0 Å². The van der Waals surface area contributed by atoms with Gasteiger partial charge in [0.1, 0.15) is 6.10 Å². The lowest BCUT2D eigenvalue weighted by molar-refractivity contribution is -0.0699. The number of methoxy groups -OCH3 is 1. The zero-order valence-electron chi connectivity index (χ0n) is 13.0. The molecule has 1 aliphatic heterocycles. The third kappa shape index (κ3) is 12.0. The quantitative estimate of drug-likeness (QED) is 0.750. The fourth-order valence-electron chi connectivity index (χ4n) is 1.77. The summed E-state index contributed by atoms with van der Waals surface area (Å²) in [4.78, 5) is 0. The van der Waals surface area contributed by atoms with E-state index < -0.39 is 0 Å². The standard InChI is InChI=1S/C14H29NO6/c1-16-12-14-13-20-5-3-15-2-4-17-6-7-18-8-9-19-10-11-21-14/h14-15H,2-13H2,1H3. The van der Waals surface area contributed by atoms with E-state index in [1.54, 1.807) is 7.11 Å². The van der Waals surface area contributed by atoms with Crippen LogP contribution in [0, 0.1) is 0 Å². The molecule has 0 saturated carbocycles. The van der Waals surface area contributed by atoms with Gasteiger partial charge < -0.3 is 33.7 Å². The van der Waals surface area contributed by atoms with E-state index in [0.717, 1.165) is 13.1 Å². The molecule has 0 aliphatic carbocycles. The van der Waals surface area contributed by atoms with Crippen LogP contribution >= 0.6 is 0 Å². The molecule has 1 heterocycles. The number of nitrogens with one attached hydrogen (secondary N) is 1. The molecule has 1 saturated heterocycles. The molecule has 21 heavy (non-hydrogen) atoms. The molecule has 0 radical (unpaired) electrons. The Morgan fingerprint density at radius 3 is 2.05 bits per heavy atom. The number of rotatable bonds is 2. The first-order chi connectivity index (χ1) is 10.4. The van der Waals surface area contributed by atoms with E-state index in [2.05, 4.69) is 5.32 Å². The second-order valence-corrected chi connectivity index (χ2v) is 4.61. The maximum Gasteiger partial charge on any atom is 0.104 e. The Morgan fingerprint density at radius 1 is 0.810 bits per heavy atom. The largest absolute Gasteiger partial charge is 0.382 e. The number of ether oxygens (including phenoxy) is 6. The Hall–Kier alpha value is -0.280. The molecule has 0 spiro atoms. The lowest BCUT2D eigenvalue weighted by Gasteiger charge is -2.17. The lowest BCUT2D eigenvalue weighted by atomic mass is 10.4. The highest BCUT2D eigenvalue weighted by Crippen LogP contribution is 1.95. The van der Waals surface area contributed by atoms with Crippen molar-refractivity contribution >= 4 is 0 Å². The van der Waals surface area contributed by atoms with Crippen molar-refractivity contribution in [2.45, 2.75) is 6.10 Å². The summed E-state index contributed by atoms with van der Waals surface area (Å²) in [6, 6.07) is 0. The van der Waals surface area contributed by atoms with Crippen LogP contribution in [0.15, 0.2) is 0 Å². The minimum absolute atomic E-state index is 0.0583. The van der Waals surface area contributed by atoms with Crippen molar-refractivity contribution in [3.05, 3.63) is 0 Å². The van der Waals surface area contributed by atoms with Crippen molar-refractivity contribution in [2.24, 2.45) is 0 Å². The maximum absolute atomic E-state index is 5.67. The van der Waals surface area contributed by atoms with Crippen LogP contribution < -0.4 is 5.32 Å². The van der Waals surface area contributed by atoms with Gasteiger partial charge in [0.05, 0.1) is 66.1 Å². The van der Waals surface area contributed by atoms with Crippen molar-refractivity contribution in [1.82, 2.24) is 5.32 Å². The average Bonchev–Trinajstić information content (AvgIpc) is 2.49. The minimum Gasteiger partial charge on any atom is -0.382 e. The van der Waals surface area contributed by atoms with E-state index >= 15 is 0 Å². The van der Waals surface area contributed by atoms with Gasteiger partial charge in [-0.05, 0) is 0 Å². The normalized spacial score (nSPS) is 25.9. The van der Waals surface area contributed by atoms with Crippen molar-refractivity contribution in [2.75, 3.05) is 86.3 Å². The first kappa shape index (κ1) is 18.8. The molecule has 7 heteroatoms. The fourth-order valence-corrected chi connectivity index (χ4v) is 1.77. The van der Waals surface area contributed by atoms with Gasteiger partial charge in [-0.15, -0.1) is 0 Å². The van der Waals surface area contributed by atoms with E-state index in [9.17, 15) is 0 Å². The number of hydrogen-bond acceptors (Lipinski definition) is 7. The third-order valence-corrected chi connectivity index (χ3v) is 2.83. The molecule has 0 aromatic heterocycles. The van der Waals surface area contributed by atoms with Crippen LogP contribution in [-0.2, 0) is 28.4 Å². The molecule has 1 fully saturated rings. The summed E-state index contributed by atoms with van der Waals surface area (Å²) >= 11 is 0. The molecule has 1 rings (SSSR count). The Morgan fingerprint density at radius 2 is 1.38 bits per heavy atom. The first-order valence-corrected chi connectivity index (χ1v) is 7.55. The van der Waals surface area contributed by atoms with Gasteiger partial charge in [-0.2, -0.15) is 0 Å². The van der Waals surface area contributed by atoms with Gasteiger partial charge in [-0.25, -0.2) is 0 Å².